The Bertz CT molecular complexity index is 1080. The lowest BCUT2D eigenvalue weighted by Crippen LogP contribution is -2.08. The van der Waals surface area contributed by atoms with E-state index < -0.39 is 5.82 Å². The Morgan fingerprint density at radius 1 is 1.16 bits per heavy atom. The van der Waals surface area contributed by atoms with Gasteiger partial charge in [0, 0.05) is 17.4 Å². The zero-order chi connectivity index (χ0) is 17.6. The minimum absolute atomic E-state index is 0.0928. The second-order valence-electron chi connectivity index (χ2n) is 5.70. The predicted octanol–water partition coefficient (Wildman–Crippen LogP) is 1.67. The predicted molar refractivity (Wildman–Crippen MR) is 91.5 cm³/mol. The Labute approximate surface area is 141 Å². The van der Waals surface area contributed by atoms with Crippen LogP contribution in [0.2, 0.25) is 0 Å². The van der Waals surface area contributed by atoms with Crippen molar-refractivity contribution in [3.8, 4) is 5.82 Å². The van der Waals surface area contributed by atoms with Crippen LogP contribution in [0.3, 0.4) is 0 Å². The molecule has 3 heterocycles. The second kappa shape index (κ2) is 5.55. The lowest BCUT2D eigenvalue weighted by molar-refractivity contribution is 0.590. The molecule has 4 aromatic rings. The van der Waals surface area contributed by atoms with Gasteiger partial charge in [-0.1, -0.05) is 6.07 Å². The molecule has 0 aliphatic carbocycles. The van der Waals surface area contributed by atoms with Crippen molar-refractivity contribution in [1.29, 1.82) is 0 Å². The van der Waals surface area contributed by atoms with Crippen molar-refractivity contribution in [2.45, 2.75) is 13.5 Å². The number of hydrogen-bond acceptors (Lipinski definition) is 6. The van der Waals surface area contributed by atoms with Gasteiger partial charge >= 0.3 is 0 Å². The molecule has 0 unspecified atom stereocenters. The van der Waals surface area contributed by atoms with E-state index in [1.165, 1.54) is 6.07 Å². The molecule has 1 aromatic carbocycles. The van der Waals surface area contributed by atoms with Gasteiger partial charge in [0.1, 0.15) is 5.82 Å². The Morgan fingerprint density at radius 3 is 2.72 bits per heavy atom. The number of benzene rings is 1. The highest BCUT2D eigenvalue weighted by Crippen LogP contribution is 2.21. The number of nitrogens with zero attached hydrogens (tertiary/aromatic N) is 6. The van der Waals surface area contributed by atoms with Crippen molar-refractivity contribution in [3.05, 3.63) is 53.7 Å². The van der Waals surface area contributed by atoms with Crippen LogP contribution in [-0.2, 0) is 6.54 Å². The van der Waals surface area contributed by atoms with E-state index >= 15 is 0 Å². The van der Waals surface area contributed by atoms with Gasteiger partial charge in [-0.05, 0) is 25.1 Å². The molecule has 0 fully saturated rings. The van der Waals surface area contributed by atoms with Gasteiger partial charge in [0.05, 0.1) is 23.8 Å². The minimum atomic E-state index is -0.395. The number of rotatable bonds is 3. The molecule has 3 aromatic heterocycles. The van der Waals surface area contributed by atoms with Gasteiger partial charge in [0.25, 0.3) is 0 Å². The van der Waals surface area contributed by atoms with E-state index in [1.807, 2.05) is 13.0 Å². The summed E-state index contributed by atoms with van der Waals surface area (Å²) in [7, 11) is 0. The molecule has 0 spiro atoms. The number of aromatic nitrogens is 6. The summed E-state index contributed by atoms with van der Waals surface area (Å²) in [4.78, 5) is 8.51. The zero-order valence-electron chi connectivity index (χ0n) is 13.4. The van der Waals surface area contributed by atoms with Crippen LogP contribution < -0.4 is 11.5 Å². The monoisotopic (exact) mass is 338 g/mol. The van der Waals surface area contributed by atoms with Crippen LogP contribution in [0.4, 0.5) is 16.0 Å². The van der Waals surface area contributed by atoms with E-state index in [0.717, 1.165) is 5.69 Å². The van der Waals surface area contributed by atoms with Crippen molar-refractivity contribution < 1.29 is 4.39 Å². The summed E-state index contributed by atoms with van der Waals surface area (Å²) in [5, 5.41) is 9.33. The van der Waals surface area contributed by atoms with Crippen molar-refractivity contribution in [2.24, 2.45) is 0 Å². The maximum absolute atomic E-state index is 14.1. The molecule has 0 atom stereocenters. The summed E-state index contributed by atoms with van der Waals surface area (Å²) in [6, 6.07) is 6.41. The fourth-order valence-electron chi connectivity index (χ4n) is 2.63. The summed E-state index contributed by atoms with van der Waals surface area (Å²) in [5.74, 6) is 0.225. The van der Waals surface area contributed by atoms with Gasteiger partial charge in [0.15, 0.2) is 11.5 Å². The molecular weight excluding hydrogens is 323 g/mol. The molecule has 126 valence electrons. The SMILES string of the molecule is Cc1ccn(-c2nc(N)nc3c2cnn3Cc2ccc(N)cc2F)n1. The number of aryl methyl sites for hydroxylation is 1. The van der Waals surface area contributed by atoms with Crippen LogP contribution >= 0.6 is 0 Å². The summed E-state index contributed by atoms with van der Waals surface area (Å²) in [6.45, 7) is 2.08. The van der Waals surface area contributed by atoms with Gasteiger partial charge in [-0.15, -0.1) is 0 Å². The van der Waals surface area contributed by atoms with E-state index in [4.69, 9.17) is 11.5 Å². The lowest BCUT2D eigenvalue weighted by atomic mass is 10.2. The largest absolute Gasteiger partial charge is 0.399 e. The first-order chi connectivity index (χ1) is 12.0. The average molecular weight is 338 g/mol. The highest BCUT2D eigenvalue weighted by atomic mass is 19.1. The number of nitrogens with two attached hydrogens (primary N) is 2. The zero-order valence-corrected chi connectivity index (χ0v) is 13.4. The van der Waals surface area contributed by atoms with E-state index in [1.54, 1.807) is 33.9 Å². The first kappa shape index (κ1) is 15.1. The quantitative estimate of drug-likeness (QED) is 0.549. The van der Waals surface area contributed by atoms with Crippen LogP contribution in [0.5, 0.6) is 0 Å². The van der Waals surface area contributed by atoms with Crippen molar-refractivity contribution in [3.63, 3.8) is 0 Å². The van der Waals surface area contributed by atoms with Crippen LogP contribution in [0.15, 0.2) is 36.7 Å². The molecule has 0 bridgehead atoms. The fourth-order valence-corrected chi connectivity index (χ4v) is 2.63. The summed E-state index contributed by atoms with van der Waals surface area (Å²) >= 11 is 0. The molecular formula is C16H15FN8. The molecule has 8 nitrogen and oxygen atoms in total. The molecule has 0 aliphatic rings. The van der Waals surface area contributed by atoms with Crippen LogP contribution in [0.1, 0.15) is 11.3 Å². The number of halogens is 1. The number of hydrogen-bond donors (Lipinski definition) is 2. The first-order valence-electron chi connectivity index (χ1n) is 7.57. The highest BCUT2D eigenvalue weighted by molar-refractivity contribution is 5.83. The Hall–Kier alpha value is -3.49. The van der Waals surface area contributed by atoms with Crippen LogP contribution in [-0.4, -0.2) is 29.5 Å². The van der Waals surface area contributed by atoms with Crippen molar-refractivity contribution in [1.82, 2.24) is 29.5 Å². The first-order valence-corrected chi connectivity index (χ1v) is 7.57. The normalized spacial score (nSPS) is 11.3. The Balaban J connectivity index is 1.83. The molecule has 0 amide bonds. The van der Waals surface area contributed by atoms with E-state index in [9.17, 15) is 4.39 Å². The molecule has 25 heavy (non-hydrogen) atoms. The minimum Gasteiger partial charge on any atom is -0.399 e. The summed E-state index contributed by atoms with van der Waals surface area (Å²) < 4.78 is 17.3. The Morgan fingerprint density at radius 2 is 2.00 bits per heavy atom. The van der Waals surface area contributed by atoms with Gasteiger partial charge < -0.3 is 11.5 Å². The average Bonchev–Trinajstić information content (AvgIpc) is 3.16. The second-order valence-corrected chi connectivity index (χ2v) is 5.70. The van der Waals surface area contributed by atoms with Gasteiger partial charge in [0.2, 0.25) is 5.95 Å². The third kappa shape index (κ3) is 2.65. The lowest BCUT2D eigenvalue weighted by Gasteiger charge is -2.07. The highest BCUT2D eigenvalue weighted by Gasteiger charge is 2.15. The molecule has 9 heteroatoms. The van der Waals surface area contributed by atoms with Crippen molar-refractivity contribution >= 4 is 22.7 Å². The van der Waals surface area contributed by atoms with Gasteiger partial charge in [-0.2, -0.15) is 20.2 Å². The van der Waals surface area contributed by atoms with Crippen molar-refractivity contribution in [2.75, 3.05) is 11.5 Å². The molecule has 4 rings (SSSR count). The molecule has 0 saturated heterocycles. The molecule has 0 saturated carbocycles. The molecule has 0 aliphatic heterocycles. The number of anilines is 2. The Kier molecular flexibility index (Phi) is 3.34. The summed E-state index contributed by atoms with van der Waals surface area (Å²) in [6.07, 6.45) is 3.41. The van der Waals surface area contributed by atoms with E-state index in [0.29, 0.717) is 28.1 Å². The smallest absolute Gasteiger partial charge is 0.224 e. The topological polar surface area (TPSA) is 113 Å². The maximum atomic E-state index is 14.1. The van der Waals surface area contributed by atoms with Crippen LogP contribution in [0, 0.1) is 12.7 Å². The summed E-state index contributed by atoms with van der Waals surface area (Å²) in [5.41, 5.74) is 13.6. The molecule has 4 N–H and O–H groups in total. The van der Waals surface area contributed by atoms with Gasteiger partial charge in [-0.3, -0.25) is 0 Å². The third-order valence-corrected chi connectivity index (χ3v) is 3.83. The number of nitrogen functional groups attached to an aromatic ring is 2. The number of fused-ring (bicyclic) bond motifs is 1. The molecule has 0 radical (unpaired) electrons. The third-order valence-electron chi connectivity index (χ3n) is 3.83. The fraction of sp³-hybridized carbons (Fsp3) is 0.125. The van der Waals surface area contributed by atoms with E-state index in [2.05, 4.69) is 20.2 Å². The van der Waals surface area contributed by atoms with Crippen LogP contribution in [0.25, 0.3) is 16.9 Å². The standard InChI is InChI=1S/C16H15FN8/c1-9-4-5-24(23-9)14-12-7-20-25(15(12)22-16(19)21-14)8-10-2-3-11(18)6-13(10)17/h2-7H,8,18H2,1H3,(H2,19,21,22). The van der Waals surface area contributed by atoms with Gasteiger partial charge in [-0.25, -0.2) is 13.8 Å². The van der Waals surface area contributed by atoms with E-state index in [-0.39, 0.29) is 12.5 Å². The maximum Gasteiger partial charge on any atom is 0.224 e.